The number of nitrogens with zero attached hydrogens (tertiary/aromatic N) is 3. The summed E-state index contributed by atoms with van der Waals surface area (Å²) in [5, 5.41) is 3.63. The van der Waals surface area contributed by atoms with Gasteiger partial charge in [0.05, 0.1) is 12.0 Å². The van der Waals surface area contributed by atoms with Crippen LogP contribution in [-0.2, 0) is 6.54 Å². The first-order valence-electron chi connectivity index (χ1n) is 7.89. The Labute approximate surface area is 116 Å². The van der Waals surface area contributed by atoms with Crippen LogP contribution in [0.3, 0.4) is 0 Å². The Morgan fingerprint density at radius 1 is 1.11 bits per heavy atom. The van der Waals surface area contributed by atoms with Crippen LogP contribution in [0.5, 0.6) is 0 Å². The van der Waals surface area contributed by atoms with Crippen LogP contribution in [0.25, 0.3) is 0 Å². The van der Waals surface area contributed by atoms with Gasteiger partial charge in [0.25, 0.3) is 0 Å². The Morgan fingerprint density at radius 2 is 2.00 bits per heavy atom. The molecule has 3 rings (SSSR count). The Bertz CT molecular complexity index is 375. The molecule has 0 aliphatic carbocycles. The molecule has 0 amide bonds. The minimum atomic E-state index is 0.526. The maximum Gasteiger partial charge on any atom is 0.0949 e. The molecule has 0 spiro atoms. The van der Waals surface area contributed by atoms with Crippen LogP contribution in [0, 0.1) is 0 Å². The molecule has 4 nitrogen and oxygen atoms in total. The van der Waals surface area contributed by atoms with Crippen molar-refractivity contribution < 1.29 is 0 Å². The van der Waals surface area contributed by atoms with Crippen molar-refractivity contribution in [2.24, 2.45) is 0 Å². The number of likely N-dealkylation sites (tertiary alicyclic amines) is 1. The van der Waals surface area contributed by atoms with E-state index in [1.165, 1.54) is 63.9 Å². The van der Waals surface area contributed by atoms with Gasteiger partial charge in [-0.1, -0.05) is 12.8 Å². The van der Waals surface area contributed by atoms with E-state index in [9.17, 15) is 0 Å². The molecular formula is C15H26N4. The summed E-state index contributed by atoms with van der Waals surface area (Å²) in [6, 6.07) is 0.526. The highest BCUT2D eigenvalue weighted by atomic mass is 15.2. The number of rotatable bonds is 4. The Morgan fingerprint density at radius 3 is 2.79 bits per heavy atom. The van der Waals surface area contributed by atoms with Crippen molar-refractivity contribution in [3.05, 3.63) is 18.2 Å². The van der Waals surface area contributed by atoms with Crippen LogP contribution >= 0.6 is 0 Å². The summed E-state index contributed by atoms with van der Waals surface area (Å²) in [6.45, 7) is 5.99. The highest BCUT2D eigenvalue weighted by molar-refractivity contribution is 5.06. The molecule has 2 aliphatic rings. The van der Waals surface area contributed by atoms with E-state index in [0.29, 0.717) is 6.04 Å². The van der Waals surface area contributed by atoms with Crippen LogP contribution in [0.4, 0.5) is 0 Å². The van der Waals surface area contributed by atoms with Crippen molar-refractivity contribution in [1.29, 1.82) is 0 Å². The zero-order valence-corrected chi connectivity index (χ0v) is 11.9. The maximum absolute atomic E-state index is 4.37. The van der Waals surface area contributed by atoms with Gasteiger partial charge in [-0.25, -0.2) is 4.98 Å². The first-order chi connectivity index (χ1) is 9.43. The molecule has 2 aliphatic heterocycles. The predicted molar refractivity (Wildman–Crippen MR) is 77.1 cm³/mol. The fourth-order valence-corrected chi connectivity index (χ4v) is 3.34. The van der Waals surface area contributed by atoms with Gasteiger partial charge < -0.3 is 14.8 Å². The van der Waals surface area contributed by atoms with Gasteiger partial charge in [0.2, 0.25) is 0 Å². The minimum Gasteiger partial charge on any atom is -0.332 e. The second-order valence-corrected chi connectivity index (χ2v) is 5.92. The molecule has 2 saturated heterocycles. The normalized spacial score (nSPS) is 25.6. The summed E-state index contributed by atoms with van der Waals surface area (Å²) < 4.78 is 2.36. The Hall–Kier alpha value is -0.870. The lowest BCUT2D eigenvalue weighted by Gasteiger charge is -2.28. The minimum absolute atomic E-state index is 0.526. The van der Waals surface area contributed by atoms with Gasteiger partial charge in [-0.2, -0.15) is 0 Å². The molecule has 19 heavy (non-hydrogen) atoms. The molecule has 0 bridgehead atoms. The second kappa shape index (κ2) is 6.53. The number of aromatic nitrogens is 2. The van der Waals surface area contributed by atoms with E-state index in [2.05, 4.69) is 26.0 Å². The molecule has 2 fully saturated rings. The van der Waals surface area contributed by atoms with Crippen LogP contribution in [0.1, 0.15) is 50.3 Å². The average Bonchev–Trinajstić information content (AvgIpc) is 2.95. The highest BCUT2D eigenvalue weighted by Crippen LogP contribution is 2.22. The summed E-state index contributed by atoms with van der Waals surface area (Å²) in [4.78, 5) is 6.96. The Kier molecular flexibility index (Phi) is 4.51. The monoisotopic (exact) mass is 262 g/mol. The zero-order chi connectivity index (χ0) is 12.9. The van der Waals surface area contributed by atoms with Crippen molar-refractivity contribution in [3.63, 3.8) is 0 Å². The van der Waals surface area contributed by atoms with E-state index in [1.54, 1.807) is 0 Å². The van der Waals surface area contributed by atoms with E-state index < -0.39 is 0 Å². The standard InChI is InChI=1S/C15H26N4/c1-4-8-18(9-5-1)10-11-19-13-16-12-15(19)14-6-2-3-7-17-14/h12-14,17H,1-11H2. The number of imidazole rings is 1. The van der Waals surface area contributed by atoms with Gasteiger partial charge in [0.1, 0.15) is 0 Å². The fourth-order valence-electron chi connectivity index (χ4n) is 3.34. The van der Waals surface area contributed by atoms with Gasteiger partial charge in [0.15, 0.2) is 0 Å². The highest BCUT2D eigenvalue weighted by Gasteiger charge is 2.18. The van der Waals surface area contributed by atoms with Crippen molar-refractivity contribution >= 4 is 0 Å². The Balaban J connectivity index is 1.56. The van der Waals surface area contributed by atoms with Crippen molar-refractivity contribution in [2.45, 2.75) is 51.1 Å². The van der Waals surface area contributed by atoms with E-state index in [0.717, 1.165) is 13.1 Å². The van der Waals surface area contributed by atoms with Crippen LogP contribution < -0.4 is 5.32 Å². The lowest BCUT2D eigenvalue weighted by atomic mass is 10.0. The SMILES string of the molecule is c1ncn(CCN2CCCCC2)c1C1CCCCN1. The third-order valence-corrected chi connectivity index (χ3v) is 4.52. The topological polar surface area (TPSA) is 33.1 Å². The van der Waals surface area contributed by atoms with Gasteiger partial charge in [-0.05, 0) is 45.3 Å². The van der Waals surface area contributed by atoms with Crippen molar-refractivity contribution in [1.82, 2.24) is 19.8 Å². The van der Waals surface area contributed by atoms with Gasteiger partial charge in [-0.3, -0.25) is 0 Å². The number of piperidine rings is 2. The lowest BCUT2D eigenvalue weighted by Crippen LogP contribution is -2.33. The molecule has 1 N–H and O–H groups in total. The summed E-state index contributed by atoms with van der Waals surface area (Å²) in [6.07, 6.45) is 12.2. The molecule has 1 aromatic rings. The number of hydrogen-bond donors (Lipinski definition) is 1. The molecule has 0 aromatic carbocycles. The van der Waals surface area contributed by atoms with Gasteiger partial charge in [0, 0.05) is 25.3 Å². The van der Waals surface area contributed by atoms with Crippen molar-refractivity contribution in [2.75, 3.05) is 26.2 Å². The van der Waals surface area contributed by atoms with E-state index in [4.69, 9.17) is 0 Å². The van der Waals surface area contributed by atoms with Crippen LogP contribution in [0.15, 0.2) is 12.5 Å². The average molecular weight is 262 g/mol. The van der Waals surface area contributed by atoms with E-state index in [-0.39, 0.29) is 0 Å². The van der Waals surface area contributed by atoms with Crippen LogP contribution in [-0.4, -0.2) is 40.6 Å². The molecule has 0 saturated carbocycles. The smallest absolute Gasteiger partial charge is 0.0949 e. The molecule has 4 heteroatoms. The van der Waals surface area contributed by atoms with Crippen LogP contribution in [0.2, 0.25) is 0 Å². The largest absolute Gasteiger partial charge is 0.332 e. The third-order valence-electron chi connectivity index (χ3n) is 4.52. The molecule has 1 aromatic heterocycles. The zero-order valence-electron chi connectivity index (χ0n) is 11.9. The number of nitrogens with one attached hydrogen (secondary N) is 1. The molecule has 0 radical (unpaired) electrons. The molecule has 1 unspecified atom stereocenters. The molecule has 1 atom stereocenters. The third kappa shape index (κ3) is 3.37. The summed E-state index contributed by atoms with van der Waals surface area (Å²) in [5.41, 5.74) is 1.39. The van der Waals surface area contributed by atoms with E-state index >= 15 is 0 Å². The quantitative estimate of drug-likeness (QED) is 0.903. The van der Waals surface area contributed by atoms with Crippen molar-refractivity contribution in [3.8, 4) is 0 Å². The predicted octanol–water partition coefficient (Wildman–Crippen LogP) is 2.18. The maximum atomic E-state index is 4.37. The second-order valence-electron chi connectivity index (χ2n) is 5.92. The lowest BCUT2D eigenvalue weighted by molar-refractivity contribution is 0.219. The van der Waals surface area contributed by atoms with Gasteiger partial charge in [-0.15, -0.1) is 0 Å². The molecular weight excluding hydrogens is 236 g/mol. The fraction of sp³-hybridized carbons (Fsp3) is 0.800. The molecule has 3 heterocycles. The summed E-state index contributed by atoms with van der Waals surface area (Å²) >= 11 is 0. The number of hydrogen-bond acceptors (Lipinski definition) is 3. The first kappa shape index (κ1) is 13.1. The first-order valence-corrected chi connectivity index (χ1v) is 7.89. The van der Waals surface area contributed by atoms with E-state index in [1.807, 2.05) is 6.33 Å². The summed E-state index contributed by atoms with van der Waals surface area (Å²) in [5.74, 6) is 0. The summed E-state index contributed by atoms with van der Waals surface area (Å²) in [7, 11) is 0. The van der Waals surface area contributed by atoms with Gasteiger partial charge >= 0.3 is 0 Å². The molecule has 106 valence electrons.